The van der Waals surface area contributed by atoms with Crippen molar-refractivity contribution in [3.8, 4) is 50.3 Å². The number of nitrogens with zero attached hydrogens (tertiary/aromatic N) is 7. The molecule has 4 aromatic carbocycles. The van der Waals surface area contributed by atoms with Gasteiger partial charge >= 0.3 is 5.97 Å². The second-order valence-corrected chi connectivity index (χ2v) is 26.5. The van der Waals surface area contributed by atoms with Crippen molar-refractivity contribution in [1.82, 2.24) is 34.6 Å². The number of carbonyl (C=O) groups is 1. The molecule has 3 aromatic heterocycles. The number of thiophene rings is 1. The molecule has 6 heterocycles. The zero-order valence-corrected chi connectivity index (χ0v) is 43.4. The van der Waals surface area contributed by atoms with Gasteiger partial charge in [-0.05, 0) is 102 Å². The number of ether oxygens (including phenoxy) is 4. The second kappa shape index (κ2) is 22.3. The number of hydrogen-bond acceptors (Lipinski definition) is 13. The van der Waals surface area contributed by atoms with Crippen LogP contribution in [-0.4, -0.2) is 120 Å². The number of aromatic nitrogens is 4. The molecule has 4 bridgehead atoms. The van der Waals surface area contributed by atoms with E-state index in [9.17, 15) is 14.3 Å². The highest BCUT2D eigenvalue weighted by atomic mass is 35.5. The largest absolute Gasteiger partial charge is 0.487 e. The maximum absolute atomic E-state index is 14.3. The van der Waals surface area contributed by atoms with E-state index in [1.165, 1.54) is 29.8 Å². The van der Waals surface area contributed by atoms with Crippen LogP contribution in [0.3, 0.4) is 0 Å². The van der Waals surface area contributed by atoms with Gasteiger partial charge in [-0.1, -0.05) is 67.6 Å². The molecule has 7 aromatic rings. The zero-order valence-electron chi connectivity index (χ0n) is 40.8. The molecule has 10 rings (SSSR count). The van der Waals surface area contributed by atoms with Crippen LogP contribution in [0.2, 0.25) is 30.7 Å². The fourth-order valence-corrected chi connectivity index (χ4v) is 11.0. The number of piperazine rings is 1. The summed E-state index contributed by atoms with van der Waals surface area (Å²) in [6.07, 6.45) is 1.66. The highest BCUT2D eigenvalue weighted by molar-refractivity contribution is 7.22. The maximum atomic E-state index is 14.3. The normalized spacial score (nSPS) is 16.0. The van der Waals surface area contributed by atoms with Gasteiger partial charge in [0.1, 0.15) is 35.1 Å². The highest BCUT2D eigenvalue weighted by Crippen LogP contribution is 2.49. The molecule has 1 fully saturated rings. The molecule has 13 nitrogen and oxygen atoms in total. The lowest BCUT2D eigenvalue weighted by atomic mass is 9.94. The number of hydrogen-bond donors (Lipinski definition) is 1. The zero-order chi connectivity index (χ0) is 49.6. The van der Waals surface area contributed by atoms with E-state index in [0.717, 1.165) is 89.1 Å². The van der Waals surface area contributed by atoms with Gasteiger partial charge in [0.15, 0.2) is 12.6 Å². The first-order valence-corrected chi connectivity index (χ1v) is 28.9. The fourth-order valence-electron chi connectivity index (χ4n) is 8.82. The van der Waals surface area contributed by atoms with Crippen LogP contribution in [0.4, 0.5) is 4.39 Å². The molecule has 0 radical (unpaired) electrons. The smallest absolute Gasteiger partial charge is 0.345 e. The Balaban J connectivity index is 1.04. The molecule has 17 heteroatoms. The molecular weight excluding hydrogens is 957 g/mol. The SMILES string of the molecule is Cc1c2ccc(c1Cl)CN(CCN1CCN(C)CC1)Cc1ccc(OCc3ccnc(-c4ccc(OCOCC[Si](C)(C)C)cc4)n3)c(c1)C[C@H](C(=O)O)Oc1ncnc3sc(-c4ccc(F)cc4)c-2c13. The molecule has 3 aliphatic rings. The number of carboxylic acid groups (broad SMARTS) is 1. The van der Waals surface area contributed by atoms with Crippen LogP contribution in [0.1, 0.15) is 27.9 Å². The van der Waals surface area contributed by atoms with Gasteiger partial charge in [0.05, 0.1) is 11.1 Å². The third-order valence-electron chi connectivity index (χ3n) is 13.0. The molecular formula is C54H59ClFN7O6SSi. The minimum atomic E-state index is -1.38. The fraction of sp³-hybridized carbons (Fsp3) is 0.352. The number of fused-ring (bicyclic) bond motifs is 6. The number of carboxylic acids is 1. The first-order valence-electron chi connectivity index (χ1n) is 24.0. The standard InChI is InChI=1S/C54H59ClFN7O6SSi/c1-35-44-16-11-39(49(35)55)31-63(25-24-62-22-20-61(2)21-23-62)30-36-6-17-45(67-32-42-18-19-57-51(60-42)38-9-14-43(15-10-38)68-34-66-26-27-71(3,4)5)40(28-36)29-46(54(64)65)69-52-48-47(44)50(70-53(48)59-33-58-52)37-7-12-41(56)13-8-37/h6-19,28,33,46H,20-27,29-32,34H2,1-5H3,(H,64,65)/t46-/m1/s1. The van der Waals surface area contributed by atoms with Crippen LogP contribution in [0.15, 0.2) is 97.5 Å². The molecule has 0 aliphatic carbocycles. The molecule has 0 saturated carbocycles. The molecule has 0 spiro atoms. The van der Waals surface area contributed by atoms with Crippen molar-refractivity contribution < 1.29 is 33.2 Å². The Morgan fingerprint density at radius 3 is 2.41 bits per heavy atom. The average molecular weight is 1020 g/mol. The van der Waals surface area contributed by atoms with E-state index in [-0.39, 0.29) is 31.5 Å². The Kier molecular flexibility index (Phi) is 15.7. The summed E-state index contributed by atoms with van der Waals surface area (Å²) >= 11 is 8.80. The van der Waals surface area contributed by atoms with Crippen molar-refractivity contribution in [2.24, 2.45) is 0 Å². The third-order valence-corrected chi connectivity index (χ3v) is 16.4. The molecule has 1 atom stereocenters. The number of halogens is 2. The van der Waals surface area contributed by atoms with E-state index in [0.29, 0.717) is 63.5 Å². The van der Waals surface area contributed by atoms with E-state index < -0.39 is 20.1 Å². The van der Waals surface area contributed by atoms with E-state index >= 15 is 0 Å². The van der Waals surface area contributed by atoms with Gasteiger partial charge in [-0.2, -0.15) is 0 Å². The number of likely N-dealkylation sites (N-methyl/N-ethyl adjacent to an activating group) is 1. The van der Waals surface area contributed by atoms with Crippen molar-refractivity contribution >= 4 is 47.2 Å². The number of aliphatic carboxylic acids is 1. The van der Waals surface area contributed by atoms with E-state index in [2.05, 4.69) is 68.5 Å². The quantitative estimate of drug-likeness (QED) is 0.0594. The van der Waals surface area contributed by atoms with E-state index in [1.54, 1.807) is 24.4 Å². The maximum Gasteiger partial charge on any atom is 0.345 e. The Bertz CT molecular complexity index is 2990. The summed E-state index contributed by atoms with van der Waals surface area (Å²) < 4.78 is 38.9. The van der Waals surface area contributed by atoms with Gasteiger partial charge in [-0.3, -0.25) is 9.80 Å². The predicted octanol–water partition coefficient (Wildman–Crippen LogP) is 10.5. The topological polar surface area (TPSA) is 136 Å². The first kappa shape index (κ1) is 50.1. The molecule has 0 unspecified atom stereocenters. The van der Waals surface area contributed by atoms with E-state index in [4.69, 9.17) is 35.5 Å². The van der Waals surface area contributed by atoms with Gasteiger partial charge in [-0.15, -0.1) is 11.3 Å². The Morgan fingerprint density at radius 2 is 1.65 bits per heavy atom. The lowest BCUT2D eigenvalue weighted by Crippen LogP contribution is -2.46. The van der Waals surface area contributed by atoms with Gasteiger partial charge in [0, 0.05) is 101 Å². The molecule has 370 valence electrons. The van der Waals surface area contributed by atoms with Crippen LogP contribution >= 0.6 is 22.9 Å². The van der Waals surface area contributed by atoms with Crippen LogP contribution in [-0.2, 0) is 35.6 Å². The molecule has 71 heavy (non-hydrogen) atoms. The summed E-state index contributed by atoms with van der Waals surface area (Å²) in [5.74, 6) is 0.297. The predicted molar refractivity (Wildman–Crippen MR) is 280 cm³/mol. The summed E-state index contributed by atoms with van der Waals surface area (Å²) in [6, 6.07) is 26.8. The van der Waals surface area contributed by atoms with Crippen LogP contribution in [0, 0.1) is 12.7 Å². The van der Waals surface area contributed by atoms with Crippen molar-refractivity contribution in [3.63, 3.8) is 0 Å². The third kappa shape index (κ3) is 12.4. The van der Waals surface area contributed by atoms with Crippen LogP contribution in [0.25, 0.3) is 43.2 Å². The monoisotopic (exact) mass is 1020 g/mol. The minimum Gasteiger partial charge on any atom is -0.487 e. The van der Waals surface area contributed by atoms with Gasteiger partial charge in [-0.25, -0.2) is 29.1 Å². The van der Waals surface area contributed by atoms with Crippen molar-refractivity contribution in [2.45, 2.75) is 64.8 Å². The van der Waals surface area contributed by atoms with Gasteiger partial charge in [0.2, 0.25) is 12.0 Å². The lowest BCUT2D eigenvalue weighted by molar-refractivity contribution is -0.145. The number of benzene rings is 4. The van der Waals surface area contributed by atoms with Crippen molar-refractivity contribution in [1.29, 1.82) is 0 Å². The molecule has 3 aliphatic heterocycles. The Labute approximate surface area is 424 Å². The summed E-state index contributed by atoms with van der Waals surface area (Å²) in [4.78, 5) is 40.6. The Hall–Kier alpha value is -5.85. The summed E-state index contributed by atoms with van der Waals surface area (Å²) in [5.41, 5.74) is 7.22. The van der Waals surface area contributed by atoms with Crippen molar-refractivity contribution in [2.75, 3.05) is 59.7 Å². The van der Waals surface area contributed by atoms with E-state index in [1.807, 2.05) is 49.4 Å². The summed E-state index contributed by atoms with van der Waals surface area (Å²) in [6.45, 7) is 16.7. The molecule has 1 saturated heterocycles. The second-order valence-electron chi connectivity index (χ2n) is 19.5. The molecule has 1 N–H and O–H groups in total. The highest BCUT2D eigenvalue weighted by Gasteiger charge is 2.29. The minimum absolute atomic E-state index is 0.0407. The lowest BCUT2D eigenvalue weighted by Gasteiger charge is -2.34. The van der Waals surface area contributed by atoms with Gasteiger partial charge < -0.3 is 29.0 Å². The van der Waals surface area contributed by atoms with Gasteiger partial charge in [0.25, 0.3) is 0 Å². The van der Waals surface area contributed by atoms with Crippen LogP contribution < -0.4 is 14.2 Å². The van der Waals surface area contributed by atoms with Crippen LogP contribution in [0.5, 0.6) is 17.4 Å². The molecule has 0 amide bonds. The summed E-state index contributed by atoms with van der Waals surface area (Å²) in [7, 11) is 0.975. The summed E-state index contributed by atoms with van der Waals surface area (Å²) in [5, 5.41) is 12.1. The first-order chi connectivity index (χ1) is 34.2. The average Bonchev–Trinajstić information content (AvgIpc) is 3.74. The Morgan fingerprint density at radius 1 is 0.887 bits per heavy atom. The number of rotatable bonds is 15. The van der Waals surface area contributed by atoms with Crippen molar-refractivity contribution in [3.05, 3.63) is 136 Å².